The van der Waals surface area contributed by atoms with Gasteiger partial charge in [0.15, 0.2) is 11.5 Å². The lowest BCUT2D eigenvalue weighted by atomic mass is 10.2. The molecule has 6 nitrogen and oxygen atoms in total. The molecule has 1 aromatic carbocycles. The average molecular weight is 288 g/mol. The van der Waals surface area contributed by atoms with E-state index in [0.717, 1.165) is 0 Å². The van der Waals surface area contributed by atoms with Crippen LogP contribution in [0, 0.1) is 0 Å². The maximum Gasteiger partial charge on any atom is 0.178 e. The van der Waals surface area contributed by atoms with Gasteiger partial charge in [0.25, 0.3) is 0 Å². The highest BCUT2D eigenvalue weighted by atomic mass is 35.5. The van der Waals surface area contributed by atoms with E-state index >= 15 is 0 Å². The van der Waals surface area contributed by atoms with Gasteiger partial charge in [-0.3, -0.25) is 10.7 Å². The fourth-order valence-corrected chi connectivity index (χ4v) is 1.96. The van der Waals surface area contributed by atoms with E-state index in [2.05, 4.69) is 25.4 Å². The first-order chi connectivity index (χ1) is 9.78. The van der Waals surface area contributed by atoms with Gasteiger partial charge in [-0.2, -0.15) is 0 Å². The third-order valence-electron chi connectivity index (χ3n) is 2.76. The smallest absolute Gasteiger partial charge is 0.178 e. The summed E-state index contributed by atoms with van der Waals surface area (Å²) < 4.78 is 0. The molecule has 3 N–H and O–H groups in total. The van der Waals surface area contributed by atoms with Crippen LogP contribution in [0.5, 0.6) is 0 Å². The highest BCUT2D eigenvalue weighted by molar-refractivity contribution is 6.30. The van der Waals surface area contributed by atoms with Crippen LogP contribution in [0.4, 0.5) is 5.69 Å². The molecule has 3 aromatic rings. The van der Waals surface area contributed by atoms with Gasteiger partial charge in [0.1, 0.15) is 0 Å². The number of hydrogen-bond donors (Lipinski definition) is 3. The Morgan fingerprint density at radius 3 is 2.75 bits per heavy atom. The molecule has 0 amide bonds. The Bertz CT molecular complexity index is 766. The van der Waals surface area contributed by atoms with E-state index in [0.29, 0.717) is 33.3 Å². The lowest BCUT2D eigenvalue weighted by molar-refractivity contribution is 0.235. The van der Waals surface area contributed by atoms with Gasteiger partial charge < -0.3 is 4.98 Å². The monoisotopic (exact) mass is 287 g/mol. The zero-order valence-corrected chi connectivity index (χ0v) is 11.0. The number of halogens is 1. The summed E-state index contributed by atoms with van der Waals surface area (Å²) in [5.74, 6) is 0.295. The van der Waals surface area contributed by atoms with Gasteiger partial charge in [-0.15, -0.1) is 0 Å². The number of amidine groups is 1. The lowest BCUT2D eigenvalue weighted by Crippen LogP contribution is -2.20. The maximum atomic E-state index is 9.33. The van der Waals surface area contributed by atoms with E-state index in [-0.39, 0.29) is 0 Å². The standard InChI is InChI=1S/C13H10ClN5O/c14-8-1-3-9(4-2-8)18-12(19-20)10-5-6-15-13-11(10)16-7-17-13/h1-7,20H,(H,18,19)(H,15,16,17). The molecular formula is C13H10ClN5O. The van der Waals surface area contributed by atoms with Crippen LogP contribution < -0.4 is 5.48 Å². The van der Waals surface area contributed by atoms with Gasteiger partial charge in [-0.1, -0.05) is 11.6 Å². The Morgan fingerprint density at radius 1 is 1.20 bits per heavy atom. The second-order valence-electron chi connectivity index (χ2n) is 4.01. The number of fused-ring (bicyclic) bond motifs is 1. The summed E-state index contributed by atoms with van der Waals surface area (Å²) in [7, 11) is 0. The van der Waals surface area contributed by atoms with E-state index in [9.17, 15) is 5.21 Å². The Labute approximate surface area is 119 Å². The van der Waals surface area contributed by atoms with E-state index in [1.807, 2.05) is 0 Å². The molecule has 0 saturated carbocycles. The topological polar surface area (TPSA) is 86.2 Å². The molecule has 20 heavy (non-hydrogen) atoms. The second-order valence-corrected chi connectivity index (χ2v) is 4.44. The van der Waals surface area contributed by atoms with Gasteiger partial charge in [-0.05, 0) is 30.3 Å². The van der Waals surface area contributed by atoms with Gasteiger partial charge in [0.2, 0.25) is 0 Å². The molecule has 0 saturated heterocycles. The van der Waals surface area contributed by atoms with Crippen LogP contribution in [0.15, 0.2) is 47.8 Å². The Balaban J connectivity index is 2.09. The number of hydroxylamine groups is 1. The van der Waals surface area contributed by atoms with Crippen molar-refractivity contribution in [3.63, 3.8) is 0 Å². The van der Waals surface area contributed by atoms with Crippen LogP contribution in [0.1, 0.15) is 5.56 Å². The predicted octanol–water partition coefficient (Wildman–Crippen LogP) is 2.67. The molecule has 0 aliphatic carbocycles. The first-order valence-corrected chi connectivity index (χ1v) is 6.18. The Morgan fingerprint density at radius 2 is 2.00 bits per heavy atom. The number of nitrogens with one attached hydrogen (secondary N) is 2. The SMILES string of the molecule is ONC(=Nc1ccc(Cl)cc1)c1ccnc2nc[nH]c12. The van der Waals surface area contributed by atoms with Gasteiger partial charge in [-0.25, -0.2) is 15.0 Å². The van der Waals surface area contributed by atoms with E-state index < -0.39 is 0 Å². The van der Waals surface area contributed by atoms with Gasteiger partial charge in [0, 0.05) is 16.8 Å². The molecule has 0 unspecified atom stereocenters. The van der Waals surface area contributed by atoms with Gasteiger partial charge in [0.05, 0.1) is 17.5 Å². The lowest BCUT2D eigenvalue weighted by Gasteiger charge is -2.06. The van der Waals surface area contributed by atoms with Crippen molar-refractivity contribution in [3.8, 4) is 0 Å². The van der Waals surface area contributed by atoms with Crippen LogP contribution in [-0.2, 0) is 0 Å². The third kappa shape index (κ3) is 2.34. The zero-order chi connectivity index (χ0) is 13.9. The Kier molecular flexibility index (Phi) is 3.32. The van der Waals surface area contributed by atoms with E-state index in [1.54, 1.807) is 42.9 Å². The first kappa shape index (κ1) is 12.6. The van der Waals surface area contributed by atoms with Crippen molar-refractivity contribution >= 4 is 34.3 Å². The molecule has 0 bridgehead atoms. The quantitative estimate of drug-likeness (QED) is 0.384. The van der Waals surface area contributed by atoms with Crippen LogP contribution in [0.2, 0.25) is 5.02 Å². The number of nitrogens with zero attached hydrogens (tertiary/aromatic N) is 3. The summed E-state index contributed by atoms with van der Waals surface area (Å²) in [6.07, 6.45) is 3.14. The zero-order valence-electron chi connectivity index (χ0n) is 10.2. The number of hydrogen-bond acceptors (Lipinski definition) is 4. The van der Waals surface area contributed by atoms with Crippen LogP contribution >= 0.6 is 11.6 Å². The summed E-state index contributed by atoms with van der Waals surface area (Å²) in [6.45, 7) is 0. The number of aliphatic imine (C=N–C) groups is 1. The summed E-state index contributed by atoms with van der Waals surface area (Å²) in [6, 6.07) is 8.70. The minimum atomic E-state index is 0.295. The maximum absolute atomic E-state index is 9.33. The summed E-state index contributed by atoms with van der Waals surface area (Å²) >= 11 is 5.83. The van der Waals surface area contributed by atoms with E-state index in [1.165, 1.54) is 0 Å². The van der Waals surface area contributed by atoms with Crippen LogP contribution in [0.3, 0.4) is 0 Å². The highest BCUT2D eigenvalue weighted by Crippen LogP contribution is 2.19. The number of aromatic nitrogens is 3. The fourth-order valence-electron chi connectivity index (χ4n) is 1.84. The molecule has 0 atom stereocenters. The summed E-state index contributed by atoms with van der Waals surface area (Å²) in [4.78, 5) is 15.5. The van der Waals surface area contributed by atoms with Crippen LogP contribution in [0.25, 0.3) is 11.2 Å². The summed E-state index contributed by atoms with van der Waals surface area (Å²) in [5.41, 5.74) is 4.69. The third-order valence-corrected chi connectivity index (χ3v) is 3.01. The second kappa shape index (κ2) is 5.28. The molecule has 0 aliphatic rings. The molecule has 0 fully saturated rings. The average Bonchev–Trinajstić information content (AvgIpc) is 2.95. The molecular weight excluding hydrogens is 278 g/mol. The molecule has 3 rings (SSSR count). The number of H-pyrrole nitrogens is 1. The number of imidazole rings is 1. The largest absolute Gasteiger partial charge is 0.343 e. The molecule has 2 aromatic heterocycles. The molecule has 0 aliphatic heterocycles. The normalized spacial score (nSPS) is 11.8. The van der Waals surface area contributed by atoms with Crippen molar-refractivity contribution < 1.29 is 5.21 Å². The van der Waals surface area contributed by atoms with Crippen molar-refractivity contribution in [2.75, 3.05) is 0 Å². The predicted molar refractivity (Wildman–Crippen MR) is 76.5 cm³/mol. The van der Waals surface area contributed by atoms with E-state index in [4.69, 9.17) is 11.6 Å². The molecule has 0 spiro atoms. The fraction of sp³-hybridized carbons (Fsp3) is 0. The minimum absolute atomic E-state index is 0.295. The van der Waals surface area contributed by atoms with Crippen molar-refractivity contribution in [3.05, 3.63) is 53.4 Å². The molecule has 100 valence electrons. The van der Waals surface area contributed by atoms with Crippen molar-refractivity contribution in [1.82, 2.24) is 20.4 Å². The number of pyridine rings is 1. The minimum Gasteiger partial charge on any atom is -0.343 e. The number of benzene rings is 1. The molecule has 7 heteroatoms. The van der Waals surface area contributed by atoms with Crippen molar-refractivity contribution in [2.24, 2.45) is 4.99 Å². The van der Waals surface area contributed by atoms with Crippen molar-refractivity contribution in [1.29, 1.82) is 0 Å². The van der Waals surface area contributed by atoms with Gasteiger partial charge >= 0.3 is 0 Å². The Hall–Kier alpha value is -2.44. The van der Waals surface area contributed by atoms with Crippen molar-refractivity contribution in [2.45, 2.75) is 0 Å². The summed E-state index contributed by atoms with van der Waals surface area (Å²) in [5, 5.41) is 9.96. The highest BCUT2D eigenvalue weighted by Gasteiger charge is 2.10. The number of aromatic amines is 1. The molecule has 2 heterocycles. The molecule has 0 radical (unpaired) electrons. The van der Waals surface area contributed by atoms with Crippen LogP contribution in [-0.4, -0.2) is 26.0 Å². The first-order valence-electron chi connectivity index (χ1n) is 5.81. The number of rotatable bonds is 2.